The van der Waals surface area contributed by atoms with Crippen molar-refractivity contribution in [1.82, 2.24) is 4.57 Å². The van der Waals surface area contributed by atoms with Crippen LogP contribution in [0.3, 0.4) is 0 Å². The molecule has 2 fully saturated rings. The molecular formula is C64H56N2. The van der Waals surface area contributed by atoms with E-state index in [9.17, 15) is 0 Å². The zero-order chi connectivity index (χ0) is 44.0. The Hall–Kier alpha value is -6.90. The monoisotopic (exact) mass is 852 g/mol. The molecule has 0 aliphatic heterocycles. The number of nitrogens with zero attached hydrogens (tertiary/aromatic N) is 1. The first-order valence-electron chi connectivity index (χ1n) is 24.5. The number of nitrogens with one attached hydrogen (secondary N) is 1. The zero-order valence-electron chi connectivity index (χ0n) is 38.2. The molecule has 8 aromatic carbocycles. The molecule has 2 saturated carbocycles. The van der Waals surface area contributed by atoms with E-state index in [1.165, 1.54) is 134 Å². The van der Waals surface area contributed by atoms with Crippen LogP contribution in [0.1, 0.15) is 76.3 Å². The van der Waals surface area contributed by atoms with E-state index in [-0.39, 0.29) is 10.8 Å². The fraction of sp³-hybridized carbons (Fsp3) is 0.219. The molecule has 4 unspecified atom stereocenters. The van der Waals surface area contributed by atoms with Gasteiger partial charge in [-0.15, -0.1) is 0 Å². The van der Waals surface area contributed by atoms with Gasteiger partial charge in [0.05, 0.1) is 11.0 Å². The van der Waals surface area contributed by atoms with Crippen LogP contribution in [0.4, 0.5) is 11.4 Å². The Bertz CT molecular complexity index is 3320. The molecule has 4 atom stereocenters. The summed E-state index contributed by atoms with van der Waals surface area (Å²) in [6.45, 7) is 4.93. The quantitative estimate of drug-likeness (QED) is 0.151. The number of hydrogen-bond acceptors (Lipinski definition) is 1. The van der Waals surface area contributed by atoms with Crippen molar-refractivity contribution in [3.05, 3.63) is 210 Å². The number of aromatic nitrogens is 1. The van der Waals surface area contributed by atoms with Crippen LogP contribution in [0.15, 0.2) is 199 Å². The fourth-order valence-corrected chi connectivity index (χ4v) is 13.3. The molecule has 66 heavy (non-hydrogen) atoms. The summed E-state index contributed by atoms with van der Waals surface area (Å²) in [6, 6.07) is 66.4. The second-order valence-electron chi connectivity index (χ2n) is 20.8. The first kappa shape index (κ1) is 39.5. The minimum atomic E-state index is 0.205. The van der Waals surface area contributed by atoms with Gasteiger partial charge in [0, 0.05) is 44.2 Å². The van der Waals surface area contributed by atoms with Crippen molar-refractivity contribution in [1.29, 1.82) is 0 Å². The van der Waals surface area contributed by atoms with Gasteiger partial charge in [-0.25, -0.2) is 0 Å². The number of rotatable bonds is 8. The van der Waals surface area contributed by atoms with Crippen molar-refractivity contribution in [2.24, 2.45) is 11.8 Å². The molecule has 0 spiro atoms. The maximum Gasteiger partial charge on any atom is 0.0541 e. The van der Waals surface area contributed by atoms with Crippen LogP contribution in [0.25, 0.3) is 71.6 Å². The summed E-state index contributed by atoms with van der Waals surface area (Å²) in [6.07, 6.45) is 15.0. The molecule has 0 radical (unpaired) electrons. The van der Waals surface area contributed by atoms with Crippen molar-refractivity contribution in [3.63, 3.8) is 0 Å². The summed E-state index contributed by atoms with van der Waals surface area (Å²) in [5, 5.41) is 9.11. The van der Waals surface area contributed by atoms with E-state index in [4.69, 9.17) is 0 Å². The number of allylic oxidation sites excluding steroid dienone is 4. The molecule has 1 aromatic heterocycles. The lowest BCUT2D eigenvalue weighted by molar-refractivity contribution is 0.304. The van der Waals surface area contributed by atoms with Crippen molar-refractivity contribution in [2.75, 3.05) is 5.32 Å². The van der Waals surface area contributed by atoms with Crippen LogP contribution in [-0.2, 0) is 10.8 Å². The molecule has 0 amide bonds. The Morgan fingerprint density at radius 3 is 1.58 bits per heavy atom. The van der Waals surface area contributed by atoms with Gasteiger partial charge in [0.2, 0.25) is 0 Å². The summed E-state index contributed by atoms with van der Waals surface area (Å²) in [5.41, 5.74) is 19.9. The molecule has 1 N–H and O–H groups in total. The fourth-order valence-electron chi connectivity index (χ4n) is 13.3. The van der Waals surface area contributed by atoms with Gasteiger partial charge < -0.3 is 9.88 Å². The van der Waals surface area contributed by atoms with Gasteiger partial charge in [0.25, 0.3) is 0 Å². The Kier molecular flexibility index (Phi) is 9.18. The Balaban J connectivity index is 1.01. The Labute approximate surface area is 389 Å². The van der Waals surface area contributed by atoms with Crippen molar-refractivity contribution < 1.29 is 0 Å². The minimum absolute atomic E-state index is 0.205. The summed E-state index contributed by atoms with van der Waals surface area (Å²) >= 11 is 0. The third-order valence-corrected chi connectivity index (χ3v) is 16.1. The van der Waals surface area contributed by atoms with E-state index in [0.717, 1.165) is 23.2 Å². The molecule has 4 aliphatic rings. The van der Waals surface area contributed by atoms with E-state index < -0.39 is 0 Å². The van der Waals surface area contributed by atoms with Gasteiger partial charge in [-0.2, -0.15) is 0 Å². The highest BCUT2D eigenvalue weighted by molar-refractivity contribution is 6.10. The first-order chi connectivity index (χ1) is 32.3. The van der Waals surface area contributed by atoms with Gasteiger partial charge >= 0.3 is 0 Å². The van der Waals surface area contributed by atoms with Gasteiger partial charge in [-0.05, 0) is 180 Å². The van der Waals surface area contributed by atoms with E-state index >= 15 is 0 Å². The molecule has 322 valence electrons. The maximum atomic E-state index is 3.90. The summed E-state index contributed by atoms with van der Waals surface area (Å²) in [7, 11) is 0. The number of fused-ring (bicyclic) bond motifs is 8. The molecule has 2 heteroatoms. The Morgan fingerprint density at radius 2 is 0.985 bits per heavy atom. The van der Waals surface area contributed by atoms with Crippen LogP contribution < -0.4 is 5.32 Å². The average Bonchev–Trinajstić information content (AvgIpc) is 3.98. The molecule has 4 aliphatic carbocycles. The lowest BCUT2D eigenvalue weighted by Gasteiger charge is -2.37. The molecule has 13 rings (SSSR count). The van der Waals surface area contributed by atoms with Crippen LogP contribution in [-0.4, -0.2) is 4.57 Å². The summed E-state index contributed by atoms with van der Waals surface area (Å²) in [5.74, 6) is 1.43. The second kappa shape index (κ2) is 15.3. The SMILES string of the molecule is CC1CC2=CCC(c3ccc4c(c3)c3cc(C56CC=C(CC(C)C5)C6)ccc3n4-c3cc(-c4ccccc4)cc(-c4cc5ccccc5cc4Nc4ccc(-c5ccccc5)cc4)c3)(C2)C1. The highest BCUT2D eigenvalue weighted by Gasteiger charge is 2.43. The highest BCUT2D eigenvalue weighted by Crippen LogP contribution is 2.54. The van der Waals surface area contributed by atoms with Crippen molar-refractivity contribution in [3.8, 4) is 39.1 Å². The summed E-state index contributed by atoms with van der Waals surface area (Å²) < 4.78 is 2.59. The van der Waals surface area contributed by atoms with Crippen LogP contribution in [0.2, 0.25) is 0 Å². The maximum absolute atomic E-state index is 3.90. The number of hydrogen-bond donors (Lipinski definition) is 1. The standard InChI is InChI=1S/C64H56N2/c1-42-29-44-25-27-63(38-42,40-44)53-19-23-61-58(36-53)59-37-54(64-28-26-45(41-64)30-43(2)39-64)20-24-62(59)66(61)56-32-51(47-13-7-4-8-14-47)31-52(33-56)57-34-49-15-9-10-16-50(49)35-60(57)65-55-21-17-48(18-22-55)46-11-5-3-6-12-46/h3-26,31-37,42-43,65H,27-30,38-41H2,1-2H3. The smallest absolute Gasteiger partial charge is 0.0541 e. The zero-order valence-corrected chi connectivity index (χ0v) is 38.2. The van der Waals surface area contributed by atoms with Crippen molar-refractivity contribution >= 4 is 44.0 Å². The van der Waals surface area contributed by atoms with Gasteiger partial charge in [-0.3, -0.25) is 0 Å². The molecular weight excluding hydrogens is 797 g/mol. The van der Waals surface area contributed by atoms with E-state index in [2.05, 4.69) is 212 Å². The third kappa shape index (κ3) is 6.67. The van der Waals surface area contributed by atoms with Crippen LogP contribution in [0, 0.1) is 11.8 Å². The molecule has 0 saturated heterocycles. The van der Waals surface area contributed by atoms with E-state index in [1.807, 2.05) is 0 Å². The highest BCUT2D eigenvalue weighted by atomic mass is 15.0. The normalized spacial score (nSPS) is 22.2. The van der Waals surface area contributed by atoms with E-state index in [0.29, 0.717) is 0 Å². The predicted molar refractivity (Wildman–Crippen MR) is 279 cm³/mol. The number of anilines is 2. The first-order valence-corrected chi connectivity index (χ1v) is 24.5. The van der Waals surface area contributed by atoms with Gasteiger partial charge in [0.1, 0.15) is 0 Å². The van der Waals surface area contributed by atoms with Gasteiger partial charge in [0.15, 0.2) is 0 Å². The molecule has 2 nitrogen and oxygen atoms in total. The minimum Gasteiger partial charge on any atom is -0.355 e. The lowest BCUT2D eigenvalue weighted by Crippen LogP contribution is -2.29. The van der Waals surface area contributed by atoms with Gasteiger partial charge in [-0.1, -0.05) is 146 Å². The topological polar surface area (TPSA) is 17.0 Å². The second-order valence-corrected chi connectivity index (χ2v) is 20.8. The average molecular weight is 853 g/mol. The molecule has 9 aromatic rings. The van der Waals surface area contributed by atoms with E-state index in [1.54, 1.807) is 11.1 Å². The molecule has 4 bridgehead atoms. The molecule has 1 heterocycles. The predicted octanol–water partition coefficient (Wildman–Crippen LogP) is 17.5. The Morgan fingerprint density at radius 1 is 0.470 bits per heavy atom. The van der Waals surface area contributed by atoms with Crippen molar-refractivity contribution in [2.45, 2.75) is 76.0 Å². The van der Waals surface area contributed by atoms with Crippen LogP contribution in [0.5, 0.6) is 0 Å². The number of benzene rings is 8. The van der Waals surface area contributed by atoms with Crippen LogP contribution >= 0.6 is 0 Å². The summed E-state index contributed by atoms with van der Waals surface area (Å²) in [4.78, 5) is 0. The lowest BCUT2D eigenvalue weighted by atomic mass is 9.67. The largest absolute Gasteiger partial charge is 0.355 e. The third-order valence-electron chi connectivity index (χ3n) is 16.1.